The highest BCUT2D eigenvalue weighted by atomic mass is 35.5. The van der Waals surface area contributed by atoms with Crippen molar-refractivity contribution < 1.29 is 4.79 Å². The topological polar surface area (TPSA) is 128 Å². The number of rotatable bonds is 17. The van der Waals surface area contributed by atoms with Crippen molar-refractivity contribution in [2.75, 3.05) is 76.6 Å². The molecule has 0 saturated carbocycles. The van der Waals surface area contributed by atoms with E-state index in [-0.39, 0.29) is 12.5 Å². The van der Waals surface area contributed by atoms with Gasteiger partial charge in [0.2, 0.25) is 0 Å². The molecule has 0 spiro atoms. The van der Waals surface area contributed by atoms with Crippen molar-refractivity contribution in [2.24, 2.45) is 0 Å². The number of nitrogens with one attached hydrogen (secondary N) is 4. The number of aromatic nitrogens is 6. The summed E-state index contributed by atoms with van der Waals surface area (Å²) in [6.45, 7) is 25.8. The lowest BCUT2D eigenvalue weighted by atomic mass is 10.0. The summed E-state index contributed by atoms with van der Waals surface area (Å²) in [6, 6.07) is 44.8. The highest BCUT2D eigenvalue weighted by Gasteiger charge is 2.27. The van der Waals surface area contributed by atoms with E-state index in [4.69, 9.17) is 21.6 Å². The molecule has 14 nitrogen and oxygen atoms in total. The van der Waals surface area contributed by atoms with Crippen LogP contribution in [0.5, 0.6) is 0 Å². The van der Waals surface area contributed by atoms with Gasteiger partial charge in [-0.25, -0.2) is 15.0 Å². The summed E-state index contributed by atoms with van der Waals surface area (Å²) >= 11 is 6.01. The standard InChI is InChI=1S/C29H37N5.C25H31N5.C23H24ClN3O/c1-3-34-27-9-6-8-24(22-32-20-15-26(16-21-32)33-18-4-5-19-33)29(27)31-28(34)10-7-17-30-25-13-11-23(2)12-14-25;1-3-30-24-12-11-20(19-27-22-13-16-29(2)17-14-22)18-23(24)28-25(30)10-7-15-26-21-8-5-4-6-9-21;1-4-7-17-9-12-21-20(15-17)26-22(27(21)5-2)8-6-13-25-23(28)18-10-11-19(24)16(3)14-18/h6,8-9,11-14,26,30H,3-5,15-22H2,1-2H3;4-6,8-9,11-12,18,22,26-27H,3,13-17,19H2,1-2H3;9-12,14-15H,4-5,7,13H2,1-3H3,(H,25,28). The molecule has 6 aromatic carbocycles. The van der Waals surface area contributed by atoms with E-state index in [1.54, 1.807) is 18.2 Å². The van der Waals surface area contributed by atoms with Crippen LogP contribution in [0.1, 0.15) is 128 Å². The monoisotopic (exact) mass is 1250 g/mol. The summed E-state index contributed by atoms with van der Waals surface area (Å²) < 4.78 is 6.54. The third-order valence-corrected chi connectivity index (χ3v) is 18.3. The molecule has 478 valence electrons. The van der Waals surface area contributed by atoms with Gasteiger partial charge in [-0.15, -0.1) is 0 Å². The van der Waals surface area contributed by atoms with Crippen LogP contribution in [-0.4, -0.2) is 127 Å². The maximum atomic E-state index is 12.2. The lowest BCUT2D eigenvalue weighted by Crippen LogP contribution is -2.43. The summed E-state index contributed by atoms with van der Waals surface area (Å²) in [4.78, 5) is 34.5. The van der Waals surface area contributed by atoms with Gasteiger partial charge >= 0.3 is 0 Å². The zero-order valence-corrected chi connectivity index (χ0v) is 55.9. The Bertz CT molecular complexity index is 4090. The fourth-order valence-electron chi connectivity index (χ4n) is 12.7. The smallest absolute Gasteiger partial charge is 0.252 e. The number of para-hydroxylation sites is 2. The number of fused-ring (bicyclic) bond motifs is 3. The summed E-state index contributed by atoms with van der Waals surface area (Å²) in [6.07, 6.45) is 9.96. The van der Waals surface area contributed by atoms with E-state index >= 15 is 0 Å². The summed E-state index contributed by atoms with van der Waals surface area (Å²) in [7, 11) is 2.20. The van der Waals surface area contributed by atoms with Crippen LogP contribution in [0.15, 0.2) is 127 Å². The number of halogens is 1. The number of amides is 1. The van der Waals surface area contributed by atoms with Crippen LogP contribution in [0, 0.1) is 49.4 Å². The van der Waals surface area contributed by atoms with Crippen molar-refractivity contribution in [3.05, 3.63) is 183 Å². The molecular formula is C77H92ClN13O. The number of aryl methyl sites for hydroxylation is 6. The predicted molar refractivity (Wildman–Crippen MR) is 380 cm³/mol. The zero-order chi connectivity index (χ0) is 64.2. The Hall–Kier alpha value is -8.39. The summed E-state index contributed by atoms with van der Waals surface area (Å²) in [5, 5.41) is 13.9. The average Bonchev–Trinajstić information content (AvgIpc) is 1.71. The molecule has 4 N–H and O–H groups in total. The molecule has 0 atom stereocenters. The fourth-order valence-corrected chi connectivity index (χ4v) is 12.8. The summed E-state index contributed by atoms with van der Waals surface area (Å²) in [5.41, 5.74) is 15.3. The third kappa shape index (κ3) is 17.8. The Balaban J connectivity index is 0.000000152. The highest BCUT2D eigenvalue weighted by Crippen LogP contribution is 2.27. The molecule has 3 aliphatic heterocycles. The Labute approximate surface area is 550 Å². The number of anilines is 2. The number of benzene rings is 6. The molecular weight excluding hydrogens is 1160 g/mol. The lowest BCUT2D eigenvalue weighted by molar-refractivity contribution is 0.0958. The van der Waals surface area contributed by atoms with Gasteiger partial charge in [-0.05, 0) is 239 Å². The maximum Gasteiger partial charge on any atom is 0.252 e. The molecule has 92 heavy (non-hydrogen) atoms. The normalized spacial score (nSPS) is 14.7. The van der Waals surface area contributed by atoms with Crippen molar-refractivity contribution >= 4 is 62.0 Å². The minimum absolute atomic E-state index is 0.165. The zero-order valence-electron chi connectivity index (χ0n) is 55.1. The molecule has 3 saturated heterocycles. The van der Waals surface area contributed by atoms with Crippen LogP contribution in [-0.2, 0) is 39.1 Å². The van der Waals surface area contributed by atoms with E-state index in [0.717, 1.165) is 114 Å². The molecule has 15 heteroatoms. The number of imidazole rings is 3. The van der Waals surface area contributed by atoms with E-state index < -0.39 is 0 Å². The molecule has 1 amide bonds. The second kappa shape index (κ2) is 33.3. The Morgan fingerprint density at radius 1 is 0.587 bits per heavy atom. The van der Waals surface area contributed by atoms with Crippen LogP contribution >= 0.6 is 11.6 Å². The van der Waals surface area contributed by atoms with Gasteiger partial charge in [-0.3, -0.25) is 9.69 Å². The molecule has 3 aliphatic rings. The van der Waals surface area contributed by atoms with Gasteiger partial charge in [-0.1, -0.05) is 103 Å². The van der Waals surface area contributed by atoms with Crippen LogP contribution in [0.25, 0.3) is 33.1 Å². The predicted octanol–water partition coefficient (Wildman–Crippen LogP) is 13.3. The number of nitrogens with zero attached hydrogens (tertiary/aromatic N) is 9. The lowest BCUT2D eigenvalue weighted by Gasteiger charge is -2.36. The third-order valence-electron chi connectivity index (χ3n) is 17.8. The highest BCUT2D eigenvalue weighted by molar-refractivity contribution is 6.31. The maximum absolute atomic E-state index is 12.2. The number of carbonyl (C=O) groups excluding carboxylic acids is 1. The Morgan fingerprint density at radius 2 is 1.17 bits per heavy atom. The number of hydrogen-bond acceptors (Lipinski definition) is 10. The Morgan fingerprint density at radius 3 is 1.79 bits per heavy atom. The number of piperidine rings is 2. The van der Waals surface area contributed by atoms with Gasteiger partial charge in [0, 0.05) is 66.8 Å². The molecule has 12 rings (SSSR count). The number of carbonyl (C=O) groups is 1. The molecule has 0 radical (unpaired) electrons. The van der Waals surface area contributed by atoms with Crippen LogP contribution in [0.4, 0.5) is 11.4 Å². The van der Waals surface area contributed by atoms with Gasteiger partial charge in [0.05, 0.1) is 52.7 Å². The van der Waals surface area contributed by atoms with Crippen LogP contribution in [0.2, 0.25) is 5.02 Å². The molecule has 3 aromatic heterocycles. The second-order valence-corrected chi connectivity index (χ2v) is 24.8. The van der Waals surface area contributed by atoms with Gasteiger partial charge in [0.1, 0.15) is 0 Å². The second-order valence-electron chi connectivity index (χ2n) is 24.4. The van der Waals surface area contributed by atoms with E-state index in [1.165, 1.54) is 106 Å². The van der Waals surface area contributed by atoms with E-state index in [9.17, 15) is 4.79 Å². The van der Waals surface area contributed by atoms with Crippen molar-refractivity contribution in [2.45, 2.75) is 138 Å². The molecule has 0 aliphatic carbocycles. The molecule has 3 fully saturated rings. The molecule has 0 bridgehead atoms. The first-order valence-electron chi connectivity index (χ1n) is 33.4. The SMILES string of the molecule is CCCc1ccc2c(c1)nc(C#CCNC(=O)c1ccc(Cl)c(C)c1)n2CC.CCn1c(C#CCNc2ccc(C)cc2)nc2c(CN3CCC(N4CCCC4)CC3)cccc21.CCn1c(C#CCNc2ccccc2)nc2cc(CNC3CCN(C)CC3)ccc21. The van der Waals surface area contributed by atoms with Crippen molar-refractivity contribution in [3.63, 3.8) is 0 Å². The first-order valence-corrected chi connectivity index (χ1v) is 33.8. The van der Waals surface area contributed by atoms with E-state index in [1.807, 2.05) is 37.3 Å². The largest absolute Gasteiger partial charge is 0.374 e. The quantitative estimate of drug-likeness (QED) is 0.0654. The van der Waals surface area contributed by atoms with Crippen LogP contribution in [0.3, 0.4) is 0 Å². The minimum atomic E-state index is -0.165. The van der Waals surface area contributed by atoms with Gasteiger partial charge in [0.25, 0.3) is 5.91 Å². The summed E-state index contributed by atoms with van der Waals surface area (Å²) in [5.74, 6) is 21.4. The first kappa shape index (κ1) is 66.5. The van der Waals surface area contributed by atoms with E-state index in [2.05, 4.69) is 211 Å². The van der Waals surface area contributed by atoms with Crippen molar-refractivity contribution in [1.29, 1.82) is 0 Å². The Kier molecular flexibility index (Phi) is 24.1. The van der Waals surface area contributed by atoms with Crippen molar-refractivity contribution in [3.8, 4) is 35.5 Å². The van der Waals surface area contributed by atoms with Gasteiger partial charge < -0.3 is 44.8 Å². The molecule has 0 unspecified atom stereocenters. The molecule has 6 heterocycles. The van der Waals surface area contributed by atoms with Crippen LogP contribution < -0.4 is 21.3 Å². The number of hydrogen-bond donors (Lipinski definition) is 4. The number of likely N-dealkylation sites (tertiary alicyclic amines) is 3. The fraction of sp³-hybridized carbons (Fsp3) is 0.403. The average molecular weight is 1250 g/mol. The minimum Gasteiger partial charge on any atom is -0.374 e. The molecule has 9 aromatic rings. The van der Waals surface area contributed by atoms with Crippen molar-refractivity contribution in [1.82, 2.24) is 54.0 Å². The van der Waals surface area contributed by atoms with Gasteiger partial charge in [-0.2, -0.15) is 0 Å². The first-order chi connectivity index (χ1) is 45.0. The van der Waals surface area contributed by atoms with Gasteiger partial charge in [0.15, 0.2) is 17.5 Å². The van der Waals surface area contributed by atoms with E-state index in [0.29, 0.717) is 29.7 Å².